The van der Waals surface area contributed by atoms with Crippen LogP contribution in [-0.4, -0.2) is 4.84 Å². The Balaban J connectivity index is 0. The van der Waals surface area contributed by atoms with Crippen LogP contribution in [0.5, 0.6) is 0 Å². The van der Waals surface area contributed by atoms with Gasteiger partial charge in [-0.2, -0.15) is 8.78 Å². The molecule has 4 heteroatoms. The van der Waals surface area contributed by atoms with Crippen molar-refractivity contribution < 1.29 is 8.78 Å². The predicted octanol–water partition coefficient (Wildman–Crippen LogP) is 3.43. The Kier molecular flexibility index (Phi) is 7.85. The molecule has 0 aromatic carbocycles. The fourth-order valence-electron chi connectivity index (χ4n) is 0. The van der Waals surface area contributed by atoms with Gasteiger partial charge in [-0.3, -0.25) is 0 Å². The van der Waals surface area contributed by atoms with Crippen molar-refractivity contribution in [3.05, 3.63) is 0 Å². The van der Waals surface area contributed by atoms with Gasteiger partial charge in [-0.05, 0) is 23.2 Å². The van der Waals surface area contributed by atoms with E-state index in [9.17, 15) is 8.78 Å². The second kappa shape index (κ2) is 5.57. The third-order valence-electron chi connectivity index (χ3n) is 0. The van der Waals surface area contributed by atoms with Gasteiger partial charge in [0.2, 0.25) is 0 Å². The van der Waals surface area contributed by atoms with Gasteiger partial charge in [0.05, 0.1) is 0 Å². The molecule has 0 heterocycles. The molecule has 0 fully saturated rings. The van der Waals surface area contributed by atoms with Crippen LogP contribution in [0.3, 0.4) is 0 Å². The van der Waals surface area contributed by atoms with E-state index in [-0.39, 0.29) is 0 Å². The molecule has 0 radical (unpaired) electrons. The van der Waals surface area contributed by atoms with Crippen LogP contribution in [0.15, 0.2) is 0 Å². The van der Waals surface area contributed by atoms with Crippen molar-refractivity contribution in [2.45, 2.75) is 25.1 Å². The van der Waals surface area contributed by atoms with E-state index < -0.39 is 4.84 Å². The van der Waals surface area contributed by atoms with E-state index in [0.29, 0.717) is 0 Å². The maximum absolute atomic E-state index is 10.6. The van der Waals surface area contributed by atoms with Gasteiger partial charge in [0.15, 0.2) is 0 Å². The first-order valence-electron chi connectivity index (χ1n) is 2.17. The maximum Gasteiger partial charge on any atom is 0.401 e. The molecule has 0 saturated carbocycles. The Labute approximate surface area is 57.8 Å². The summed E-state index contributed by atoms with van der Waals surface area (Å²) in [4.78, 5) is -3.56. The SMILES string of the molecule is CCC.FC(F)(Cl)Cl. The van der Waals surface area contributed by atoms with Crippen LogP contribution < -0.4 is 0 Å². The predicted molar refractivity (Wildman–Crippen MR) is 32.6 cm³/mol. The van der Waals surface area contributed by atoms with Gasteiger partial charge in [0.1, 0.15) is 0 Å². The van der Waals surface area contributed by atoms with Gasteiger partial charge >= 0.3 is 4.84 Å². The Hall–Kier alpha value is 0.440. The molecule has 0 aliphatic carbocycles. The molecular formula is C4H8Cl2F2. The summed E-state index contributed by atoms with van der Waals surface area (Å²) in [6.45, 7) is 4.25. The molecule has 0 unspecified atom stereocenters. The Morgan fingerprint density at radius 3 is 1.25 bits per heavy atom. The zero-order valence-corrected chi connectivity index (χ0v) is 6.23. The van der Waals surface area contributed by atoms with E-state index in [1.54, 1.807) is 0 Å². The number of hydrogen-bond donors (Lipinski definition) is 0. The van der Waals surface area contributed by atoms with Crippen LogP contribution in [0.25, 0.3) is 0 Å². The lowest BCUT2D eigenvalue weighted by atomic mass is 10.6. The van der Waals surface area contributed by atoms with E-state index in [1.807, 2.05) is 0 Å². The third-order valence-corrected chi connectivity index (χ3v) is 0. The summed E-state index contributed by atoms with van der Waals surface area (Å²) in [5.74, 6) is 0. The number of alkyl halides is 4. The zero-order valence-electron chi connectivity index (χ0n) is 4.72. The molecule has 0 spiro atoms. The van der Waals surface area contributed by atoms with Crippen molar-refractivity contribution in [1.29, 1.82) is 0 Å². The molecule has 8 heavy (non-hydrogen) atoms. The second-order valence-corrected chi connectivity index (χ2v) is 2.28. The summed E-state index contributed by atoms with van der Waals surface area (Å²) < 4.78 is 21.1. The van der Waals surface area contributed by atoms with Crippen LogP contribution >= 0.6 is 23.2 Å². The Morgan fingerprint density at radius 1 is 1.25 bits per heavy atom. The van der Waals surface area contributed by atoms with E-state index in [1.165, 1.54) is 6.42 Å². The molecule has 0 atom stereocenters. The minimum Gasteiger partial charge on any atom is -0.172 e. The second-order valence-electron chi connectivity index (χ2n) is 1.14. The average Bonchev–Trinajstić information content (AvgIpc) is 1.27. The zero-order chi connectivity index (χ0) is 7.21. The minimum atomic E-state index is -3.56. The highest BCUT2D eigenvalue weighted by molar-refractivity contribution is 6.45. The van der Waals surface area contributed by atoms with Crippen LogP contribution in [0.4, 0.5) is 8.78 Å². The lowest BCUT2D eigenvalue weighted by molar-refractivity contribution is 0.194. The highest BCUT2D eigenvalue weighted by atomic mass is 35.5. The third kappa shape index (κ3) is 984. The quantitative estimate of drug-likeness (QED) is 0.482. The lowest BCUT2D eigenvalue weighted by Gasteiger charge is -1.87. The molecule has 0 amide bonds. The molecule has 52 valence electrons. The van der Waals surface area contributed by atoms with Crippen LogP contribution in [0.1, 0.15) is 20.3 Å². The molecule has 0 nitrogen and oxygen atoms in total. The van der Waals surface area contributed by atoms with Crippen molar-refractivity contribution in [3.8, 4) is 0 Å². The largest absolute Gasteiger partial charge is 0.401 e. The number of rotatable bonds is 0. The van der Waals surface area contributed by atoms with Crippen LogP contribution in [0, 0.1) is 0 Å². The van der Waals surface area contributed by atoms with Gasteiger partial charge in [-0.25, -0.2) is 0 Å². The molecule has 0 saturated heterocycles. The van der Waals surface area contributed by atoms with Crippen molar-refractivity contribution in [2.75, 3.05) is 0 Å². The molecule has 0 aliphatic rings. The molecule has 0 bridgehead atoms. The monoisotopic (exact) mass is 164 g/mol. The molecule has 0 aromatic heterocycles. The number of halogens is 4. The summed E-state index contributed by atoms with van der Waals surface area (Å²) in [7, 11) is 0. The van der Waals surface area contributed by atoms with Gasteiger partial charge in [0, 0.05) is 0 Å². The topological polar surface area (TPSA) is 0 Å². The minimum absolute atomic E-state index is 1.25. The molecule has 0 rings (SSSR count). The lowest BCUT2D eigenvalue weighted by Crippen LogP contribution is -1.86. The van der Waals surface area contributed by atoms with Crippen molar-refractivity contribution in [3.63, 3.8) is 0 Å². The highest BCUT2D eigenvalue weighted by Crippen LogP contribution is 2.22. The van der Waals surface area contributed by atoms with E-state index in [4.69, 9.17) is 0 Å². The van der Waals surface area contributed by atoms with Gasteiger partial charge < -0.3 is 0 Å². The summed E-state index contributed by atoms with van der Waals surface area (Å²) in [6, 6.07) is 0. The summed E-state index contributed by atoms with van der Waals surface area (Å²) >= 11 is 7.92. The maximum atomic E-state index is 10.6. The molecule has 0 aromatic rings. The first kappa shape index (κ1) is 11.3. The average molecular weight is 165 g/mol. The Morgan fingerprint density at radius 2 is 1.25 bits per heavy atom. The van der Waals surface area contributed by atoms with Gasteiger partial charge in [-0.1, -0.05) is 20.3 Å². The first-order valence-corrected chi connectivity index (χ1v) is 2.93. The van der Waals surface area contributed by atoms with E-state index in [2.05, 4.69) is 37.0 Å². The van der Waals surface area contributed by atoms with Gasteiger partial charge in [0.25, 0.3) is 0 Å². The summed E-state index contributed by atoms with van der Waals surface area (Å²) in [6.07, 6.45) is 1.25. The van der Waals surface area contributed by atoms with Crippen LogP contribution in [0.2, 0.25) is 0 Å². The molecular weight excluding hydrogens is 157 g/mol. The highest BCUT2D eigenvalue weighted by Gasteiger charge is 2.17. The normalized spacial score (nSPS) is 9.75. The molecule has 0 N–H and O–H groups in total. The first-order chi connectivity index (χ1) is 3.41. The smallest absolute Gasteiger partial charge is 0.172 e. The van der Waals surface area contributed by atoms with Gasteiger partial charge in [-0.15, -0.1) is 0 Å². The summed E-state index contributed by atoms with van der Waals surface area (Å²) in [5.41, 5.74) is 0. The molecule has 0 aliphatic heterocycles. The van der Waals surface area contributed by atoms with Crippen molar-refractivity contribution >= 4 is 23.2 Å². The van der Waals surface area contributed by atoms with Crippen LogP contribution in [-0.2, 0) is 0 Å². The standard InChI is InChI=1S/C3H8.CCl2F2/c1-3-2;2-1(3,4)5/h3H2,1-2H3;. The Bertz CT molecular complexity index is 35.8. The van der Waals surface area contributed by atoms with Crippen molar-refractivity contribution in [2.24, 2.45) is 0 Å². The fourth-order valence-corrected chi connectivity index (χ4v) is 0. The van der Waals surface area contributed by atoms with E-state index in [0.717, 1.165) is 0 Å². The van der Waals surface area contributed by atoms with Crippen molar-refractivity contribution in [1.82, 2.24) is 0 Å². The number of hydrogen-bond acceptors (Lipinski definition) is 0. The van der Waals surface area contributed by atoms with E-state index >= 15 is 0 Å². The fraction of sp³-hybridized carbons (Fsp3) is 1.00. The summed E-state index contributed by atoms with van der Waals surface area (Å²) in [5, 5.41) is 0.